The zero-order valence-electron chi connectivity index (χ0n) is 11.6. The van der Waals surface area contributed by atoms with Crippen LogP contribution in [0.5, 0.6) is 0 Å². The van der Waals surface area contributed by atoms with Crippen molar-refractivity contribution in [3.05, 3.63) is 22.4 Å². The smallest absolute Gasteiger partial charge is 0.248 e. The van der Waals surface area contributed by atoms with Gasteiger partial charge < -0.3 is 10.2 Å². The van der Waals surface area contributed by atoms with Gasteiger partial charge in [-0.05, 0) is 31.7 Å². The maximum atomic E-state index is 12.5. The predicted molar refractivity (Wildman–Crippen MR) is 75.8 cm³/mol. The number of nitrogens with one attached hydrogen (secondary N) is 1. The molecule has 2 heterocycles. The number of piperazine rings is 1. The van der Waals surface area contributed by atoms with Crippen molar-refractivity contribution < 1.29 is 9.59 Å². The summed E-state index contributed by atoms with van der Waals surface area (Å²) in [5.74, 6) is -0.0399. The fourth-order valence-corrected chi connectivity index (χ4v) is 3.10. The van der Waals surface area contributed by atoms with Crippen LogP contribution in [-0.4, -0.2) is 28.3 Å². The van der Waals surface area contributed by atoms with Crippen molar-refractivity contribution in [1.82, 2.24) is 10.2 Å². The maximum absolute atomic E-state index is 12.5. The normalized spacial score (nSPS) is 22.5. The minimum Gasteiger partial charge on any atom is -0.340 e. The average molecular weight is 280 g/mol. The molecule has 1 aromatic heterocycles. The zero-order chi connectivity index (χ0) is 14.0. The molecule has 104 valence electrons. The summed E-state index contributed by atoms with van der Waals surface area (Å²) in [5, 5.41) is 4.81. The van der Waals surface area contributed by atoms with E-state index in [0.717, 1.165) is 11.3 Å². The topological polar surface area (TPSA) is 49.4 Å². The molecule has 19 heavy (non-hydrogen) atoms. The third-order valence-electron chi connectivity index (χ3n) is 3.38. The quantitative estimate of drug-likeness (QED) is 0.918. The average Bonchev–Trinajstić information content (AvgIpc) is 2.83. The summed E-state index contributed by atoms with van der Waals surface area (Å²) in [6, 6.07) is 3.63. The van der Waals surface area contributed by atoms with Gasteiger partial charge in [0.15, 0.2) is 0 Å². The summed E-state index contributed by atoms with van der Waals surface area (Å²) in [4.78, 5) is 27.5. The summed E-state index contributed by atoms with van der Waals surface area (Å²) in [6.07, 6.45) is 1.59. The molecule has 1 fully saturated rings. The molecular formula is C14H20N2O2S. The van der Waals surface area contributed by atoms with Crippen LogP contribution in [0.3, 0.4) is 0 Å². The molecule has 0 bridgehead atoms. The lowest BCUT2D eigenvalue weighted by Crippen LogP contribution is -2.67. The Labute approximate surface area is 117 Å². The van der Waals surface area contributed by atoms with E-state index < -0.39 is 5.54 Å². The lowest BCUT2D eigenvalue weighted by Gasteiger charge is -2.42. The first kappa shape index (κ1) is 14.1. The number of hydrogen-bond acceptors (Lipinski definition) is 3. The van der Waals surface area contributed by atoms with Crippen molar-refractivity contribution >= 4 is 23.2 Å². The van der Waals surface area contributed by atoms with Crippen LogP contribution >= 0.6 is 11.3 Å². The molecule has 1 saturated heterocycles. The lowest BCUT2D eigenvalue weighted by molar-refractivity contribution is -0.154. The highest BCUT2D eigenvalue weighted by atomic mass is 32.1. The van der Waals surface area contributed by atoms with Gasteiger partial charge in [0, 0.05) is 4.88 Å². The SMILES string of the molecule is CCCC1C(=O)NC(C)(C)C(=O)N1Cc1cccs1. The molecule has 0 saturated carbocycles. The summed E-state index contributed by atoms with van der Waals surface area (Å²) in [5.41, 5.74) is -0.807. The zero-order valence-corrected chi connectivity index (χ0v) is 12.4. The largest absolute Gasteiger partial charge is 0.340 e. The molecule has 1 atom stereocenters. The molecule has 1 aliphatic rings. The van der Waals surface area contributed by atoms with Gasteiger partial charge in [0.2, 0.25) is 11.8 Å². The van der Waals surface area contributed by atoms with Crippen LogP contribution in [0.4, 0.5) is 0 Å². The molecule has 0 spiro atoms. The first-order valence-corrected chi connectivity index (χ1v) is 7.49. The van der Waals surface area contributed by atoms with Crippen LogP contribution in [0.2, 0.25) is 0 Å². The highest BCUT2D eigenvalue weighted by Crippen LogP contribution is 2.24. The second kappa shape index (κ2) is 5.33. The van der Waals surface area contributed by atoms with Gasteiger partial charge in [0.1, 0.15) is 11.6 Å². The van der Waals surface area contributed by atoms with Crippen molar-refractivity contribution in [1.29, 1.82) is 0 Å². The first-order chi connectivity index (χ1) is 8.95. The molecule has 1 aliphatic heterocycles. The molecule has 0 aliphatic carbocycles. The molecule has 4 nitrogen and oxygen atoms in total. The summed E-state index contributed by atoms with van der Waals surface area (Å²) < 4.78 is 0. The molecule has 1 N–H and O–H groups in total. The molecule has 0 aromatic carbocycles. The number of carbonyl (C=O) groups is 2. The van der Waals surface area contributed by atoms with Gasteiger partial charge in [0.05, 0.1) is 6.54 Å². The number of nitrogens with zero attached hydrogens (tertiary/aromatic N) is 1. The minimum absolute atomic E-state index is 0.000972. The Morgan fingerprint density at radius 2 is 2.16 bits per heavy atom. The van der Waals surface area contributed by atoms with E-state index in [2.05, 4.69) is 5.32 Å². The van der Waals surface area contributed by atoms with E-state index in [9.17, 15) is 9.59 Å². The Balaban J connectivity index is 2.26. The van der Waals surface area contributed by atoms with Crippen LogP contribution in [0.25, 0.3) is 0 Å². The monoisotopic (exact) mass is 280 g/mol. The van der Waals surface area contributed by atoms with Gasteiger partial charge in [-0.25, -0.2) is 0 Å². The minimum atomic E-state index is -0.807. The van der Waals surface area contributed by atoms with Crippen LogP contribution < -0.4 is 5.32 Å². The third-order valence-corrected chi connectivity index (χ3v) is 4.24. The molecule has 0 radical (unpaired) electrons. The standard InChI is InChI=1S/C14H20N2O2S/c1-4-6-11-12(17)15-14(2,3)13(18)16(11)9-10-7-5-8-19-10/h5,7-8,11H,4,6,9H2,1-3H3,(H,15,17). The number of amides is 2. The Morgan fingerprint density at radius 3 is 2.74 bits per heavy atom. The molecule has 2 rings (SSSR count). The van der Waals surface area contributed by atoms with Crippen molar-refractivity contribution in [2.75, 3.05) is 0 Å². The van der Waals surface area contributed by atoms with Gasteiger partial charge in [0.25, 0.3) is 0 Å². The maximum Gasteiger partial charge on any atom is 0.248 e. The number of carbonyl (C=O) groups excluding carboxylic acids is 2. The number of hydrogen-bond donors (Lipinski definition) is 1. The Bertz CT molecular complexity index is 468. The summed E-state index contributed by atoms with van der Waals surface area (Å²) >= 11 is 1.61. The van der Waals surface area contributed by atoms with E-state index in [1.807, 2.05) is 24.4 Å². The van der Waals surface area contributed by atoms with Crippen molar-refractivity contribution in [3.8, 4) is 0 Å². The van der Waals surface area contributed by atoms with Crippen molar-refractivity contribution in [2.24, 2.45) is 0 Å². The van der Waals surface area contributed by atoms with Crippen molar-refractivity contribution in [2.45, 2.75) is 51.7 Å². The van der Waals surface area contributed by atoms with Crippen LogP contribution in [0.1, 0.15) is 38.5 Å². The second-order valence-corrected chi connectivity index (χ2v) is 6.46. The van der Waals surface area contributed by atoms with Gasteiger partial charge in [-0.1, -0.05) is 19.4 Å². The second-order valence-electron chi connectivity index (χ2n) is 5.43. The van der Waals surface area contributed by atoms with Gasteiger partial charge in [-0.3, -0.25) is 9.59 Å². The molecule has 1 aromatic rings. The molecule has 1 unspecified atom stereocenters. The molecular weight excluding hydrogens is 260 g/mol. The molecule has 2 amide bonds. The Hall–Kier alpha value is -1.36. The van der Waals surface area contributed by atoms with E-state index in [1.165, 1.54) is 0 Å². The number of rotatable bonds is 4. The highest BCUT2D eigenvalue weighted by Gasteiger charge is 2.44. The van der Waals surface area contributed by atoms with Crippen LogP contribution in [0.15, 0.2) is 17.5 Å². The first-order valence-electron chi connectivity index (χ1n) is 6.61. The van der Waals surface area contributed by atoms with E-state index in [0.29, 0.717) is 13.0 Å². The number of thiophene rings is 1. The summed E-state index contributed by atoms with van der Waals surface area (Å²) in [6.45, 7) is 6.08. The Morgan fingerprint density at radius 1 is 1.42 bits per heavy atom. The predicted octanol–water partition coefficient (Wildman–Crippen LogP) is 2.15. The van der Waals surface area contributed by atoms with Crippen LogP contribution in [-0.2, 0) is 16.1 Å². The van der Waals surface area contributed by atoms with Gasteiger partial charge in [-0.15, -0.1) is 11.3 Å². The van der Waals surface area contributed by atoms with Gasteiger partial charge >= 0.3 is 0 Å². The van der Waals surface area contributed by atoms with Gasteiger partial charge in [-0.2, -0.15) is 0 Å². The Kier molecular flexibility index (Phi) is 3.94. The fourth-order valence-electron chi connectivity index (χ4n) is 2.40. The van der Waals surface area contributed by atoms with E-state index >= 15 is 0 Å². The fraction of sp³-hybridized carbons (Fsp3) is 0.571. The third kappa shape index (κ3) is 2.81. The van der Waals surface area contributed by atoms with E-state index in [4.69, 9.17) is 0 Å². The molecule has 5 heteroatoms. The van der Waals surface area contributed by atoms with E-state index in [1.54, 1.807) is 30.1 Å². The van der Waals surface area contributed by atoms with Crippen molar-refractivity contribution in [3.63, 3.8) is 0 Å². The highest BCUT2D eigenvalue weighted by molar-refractivity contribution is 7.09. The van der Waals surface area contributed by atoms with Crippen LogP contribution in [0, 0.1) is 0 Å². The lowest BCUT2D eigenvalue weighted by atomic mass is 9.95. The summed E-state index contributed by atoms with van der Waals surface area (Å²) in [7, 11) is 0. The van der Waals surface area contributed by atoms with E-state index in [-0.39, 0.29) is 17.9 Å².